The van der Waals surface area contributed by atoms with Crippen LogP contribution in [0.3, 0.4) is 0 Å². The van der Waals surface area contributed by atoms with Gasteiger partial charge in [-0.25, -0.2) is 9.50 Å². The highest BCUT2D eigenvalue weighted by atomic mass is 32.2. The predicted molar refractivity (Wildman–Crippen MR) is 100 cm³/mol. The molecule has 4 nitrogen and oxygen atoms in total. The maximum absolute atomic E-state index is 5.91. The predicted octanol–water partition coefficient (Wildman–Crippen LogP) is 4.95. The first-order valence-electron chi connectivity index (χ1n) is 8.13. The van der Waals surface area contributed by atoms with Gasteiger partial charge in [0.05, 0.1) is 18.4 Å². The molecule has 0 amide bonds. The molecule has 0 aliphatic carbocycles. The molecular formula is C20H17N3OS. The molecule has 0 aliphatic heterocycles. The second-order valence-electron chi connectivity index (χ2n) is 5.45. The molecule has 2 heterocycles. The van der Waals surface area contributed by atoms with Crippen molar-refractivity contribution in [3.63, 3.8) is 0 Å². The third-order valence-electron chi connectivity index (χ3n) is 3.80. The zero-order valence-corrected chi connectivity index (χ0v) is 14.6. The number of aromatic nitrogens is 3. The molecule has 5 heteroatoms. The fourth-order valence-electron chi connectivity index (χ4n) is 2.71. The largest absolute Gasteiger partial charge is 0.493 e. The summed E-state index contributed by atoms with van der Waals surface area (Å²) in [5.41, 5.74) is 2.81. The number of rotatable bonds is 5. The van der Waals surface area contributed by atoms with Crippen LogP contribution in [0.5, 0.6) is 5.75 Å². The lowest BCUT2D eigenvalue weighted by atomic mass is 10.1. The maximum atomic E-state index is 5.91. The summed E-state index contributed by atoms with van der Waals surface area (Å²) in [6.45, 7) is 2.61. The van der Waals surface area contributed by atoms with Crippen LogP contribution in [0.2, 0.25) is 0 Å². The Hall–Kier alpha value is -2.79. The average molecular weight is 347 g/mol. The van der Waals surface area contributed by atoms with Gasteiger partial charge in [-0.2, -0.15) is 5.10 Å². The van der Waals surface area contributed by atoms with Crippen molar-refractivity contribution in [3.05, 3.63) is 73.2 Å². The quantitative estimate of drug-likeness (QED) is 0.512. The molecule has 4 rings (SSSR count). The molecule has 2 aromatic carbocycles. The number of nitrogens with zero attached hydrogens (tertiary/aromatic N) is 3. The Kier molecular flexibility index (Phi) is 4.39. The van der Waals surface area contributed by atoms with Gasteiger partial charge in [0, 0.05) is 27.7 Å². The van der Waals surface area contributed by atoms with Gasteiger partial charge in [-0.3, -0.25) is 0 Å². The van der Waals surface area contributed by atoms with Gasteiger partial charge in [0.2, 0.25) is 0 Å². The van der Waals surface area contributed by atoms with Crippen LogP contribution in [0.15, 0.2) is 83.0 Å². The number of fused-ring (bicyclic) bond motifs is 1. The highest BCUT2D eigenvalue weighted by Crippen LogP contribution is 2.37. The lowest BCUT2D eigenvalue weighted by Gasteiger charge is -2.11. The Balaban J connectivity index is 1.75. The zero-order chi connectivity index (χ0) is 17.1. The molecule has 0 saturated carbocycles. The molecule has 2 aromatic heterocycles. The van der Waals surface area contributed by atoms with Crippen molar-refractivity contribution in [1.82, 2.24) is 14.6 Å². The van der Waals surface area contributed by atoms with Gasteiger partial charge < -0.3 is 4.74 Å². The average Bonchev–Trinajstić information content (AvgIpc) is 3.07. The van der Waals surface area contributed by atoms with Crippen molar-refractivity contribution in [1.29, 1.82) is 0 Å². The van der Waals surface area contributed by atoms with E-state index in [1.165, 1.54) is 4.90 Å². The minimum absolute atomic E-state index is 0.610. The molecule has 0 radical (unpaired) electrons. The van der Waals surface area contributed by atoms with Crippen molar-refractivity contribution in [2.24, 2.45) is 0 Å². The molecular weight excluding hydrogens is 330 g/mol. The van der Waals surface area contributed by atoms with E-state index in [-0.39, 0.29) is 0 Å². The van der Waals surface area contributed by atoms with Crippen LogP contribution in [-0.4, -0.2) is 21.2 Å². The van der Waals surface area contributed by atoms with E-state index in [1.54, 1.807) is 22.5 Å². The van der Waals surface area contributed by atoms with Crippen LogP contribution < -0.4 is 4.74 Å². The van der Waals surface area contributed by atoms with Gasteiger partial charge in [0.25, 0.3) is 0 Å². The third kappa shape index (κ3) is 3.23. The van der Waals surface area contributed by atoms with Gasteiger partial charge in [-0.15, -0.1) is 0 Å². The molecule has 0 aliphatic rings. The normalized spacial score (nSPS) is 10.9. The molecule has 0 bridgehead atoms. The van der Waals surface area contributed by atoms with Gasteiger partial charge >= 0.3 is 0 Å². The van der Waals surface area contributed by atoms with Crippen molar-refractivity contribution >= 4 is 17.4 Å². The number of hydrogen-bond acceptors (Lipinski definition) is 4. The number of hydrogen-bond donors (Lipinski definition) is 0. The van der Waals surface area contributed by atoms with Gasteiger partial charge in [0.15, 0.2) is 5.65 Å². The van der Waals surface area contributed by atoms with Gasteiger partial charge in [-0.1, -0.05) is 30.0 Å². The van der Waals surface area contributed by atoms with Crippen LogP contribution >= 0.6 is 11.8 Å². The Morgan fingerprint density at radius 2 is 1.88 bits per heavy atom. The summed E-state index contributed by atoms with van der Waals surface area (Å²) in [4.78, 5) is 6.79. The smallest absolute Gasteiger partial charge is 0.162 e. The fraction of sp³-hybridized carbons (Fsp3) is 0.100. The molecule has 0 unspecified atom stereocenters. The van der Waals surface area contributed by atoms with Crippen molar-refractivity contribution in [2.75, 3.05) is 6.61 Å². The Labute approximate surface area is 150 Å². The fourth-order valence-corrected chi connectivity index (χ4v) is 3.57. The van der Waals surface area contributed by atoms with Crippen LogP contribution in [0.25, 0.3) is 16.8 Å². The molecule has 0 atom stereocenters. The first-order chi connectivity index (χ1) is 12.3. The highest BCUT2D eigenvalue weighted by molar-refractivity contribution is 7.99. The zero-order valence-electron chi connectivity index (χ0n) is 13.8. The molecule has 25 heavy (non-hydrogen) atoms. The summed E-state index contributed by atoms with van der Waals surface area (Å²) in [5.74, 6) is 0.851. The van der Waals surface area contributed by atoms with E-state index in [0.29, 0.717) is 6.61 Å². The minimum Gasteiger partial charge on any atom is -0.493 e. The summed E-state index contributed by atoms with van der Waals surface area (Å²) in [5, 5.41) is 4.38. The summed E-state index contributed by atoms with van der Waals surface area (Å²) in [6.07, 6.45) is 5.51. The van der Waals surface area contributed by atoms with Crippen LogP contribution in [0.4, 0.5) is 0 Å². The van der Waals surface area contributed by atoms with E-state index >= 15 is 0 Å². The first-order valence-corrected chi connectivity index (χ1v) is 8.95. The molecule has 124 valence electrons. The summed E-state index contributed by atoms with van der Waals surface area (Å²) in [7, 11) is 0. The summed E-state index contributed by atoms with van der Waals surface area (Å²) in [6, 6.07) is 18.5. The molecule has 0 spiro atoms. The van der Waals surface area contributed by atoms with E-state index < -0.39 is 0 Å². The minimum atomic E-state index is 0.610. The third-order valence-corrected chi connectivity index (χ3v) is 4.80. The van der Waals surface area contributed by atoms with Gasteiger partial charge in [0.1, 0.15) is 5.75 Å². The molecule has 0 saturated heterocycles. The summed E-state index contributed by atoms with van der Waals surface area (Å²) >= 11 is 1.72. The second-order valence-corrected chi connectivity index (χ2v) is 6.60. The van der Waals surface area contributed by atoms with E-state index in [2.05, 4.69) is 40.4 Å². The van der Waals surface area contributed by atoms with E-state index in [0.717, 1.165) is 27.4 Å². The molecule has 4 aromatic rings. The monoisotopic (exact) mass is 347 g/mol. The van der Waals surface area contributed by atoms with Crippen LogP contribution in [0.1, 0.15) is 6.92 Å². The Bertz CT molecular complexity index is 998. The van der Waals surface area contributed by atoms with Gasteiger partial charge in [-0.05, 0) is 43.3 Å². The van der Waals surface area contributed by atoms with Crippen molar-refractivity contribution in [3.8, 4) is 16.9 Å². The number of benzene rings is 2. The lowest BCUT2D eigenvalue weighted by molar-refractivity contribution is 0.341. The number of ether oxygens (including phenoxy) is 1. The van der Waals surface area contributed by atoms with E-state index in [4.69, 9.17) is 4.74 Å². The highest BCUT2D eigenvalue weighted by Gasteiger charge is 2.14. The standard InChI is InChI=1S/C20H17N3OS/c1-2-24-19-13-16(25-15-7-4-3-5-8-15)9-10-17(19)18-14-22-23-12-6-11-21-20(18)23/h3-14H,2H2,1H3. The summed E-state index contributed by atoms with van der Waals surface area (Å²) < 4.78 is 7.69. The lowest BCUT2D eigenvalue weighted by Crippen LogP contribution is -1.95. The van der Waals surface area contributed by atoms with E-state index in [1.807, 2.05) is 43.6 Å². The maximum Gasteiger partial charge on any atom is 0.162 e. The molecule has 0 fully saturated rings. The first kappa shape index (κ1) is 15.7. The van der Waals surface area contributed by atoms with Crippen molar-refractivity contribution < 1.29 is 4.74 Å². The van der Waals surface area contributed by atoms with Crippen molar-refractivity contribution in [2.45, 2.75) is 16.7 Å². The SMILES string of the molecule is CCOc1cc(Sc2ccccc2)ccc1-c1cnn2cccnc12. The molecule has 0 N–H and O–H groups in total. The van der Waals surface area contributed by atoms with E-state index in [9.17, 15) is 0 Å². The topological polar surface area (TPSA) is 39.4 Å². The van der Waals surface area contributed by atoms with Crippen LogP contribution in [0, 0.1) is 0 Å². The van der Waals surface area contributed by atoms with Crippen LogP contribution in [-0.2, 0) is 0 Å². The Morgan fingerprint density at radius 3 is 2.72 bits per heavy atom. The second kappa shape index (κ2) is 6.99. The Morgan fingerprint density at radius 1 is 1.00 bits per heavy atom.